The van der Waals surface area contributed by atoms with Gasteiger partial charge in [0.2, 0.25) is 0 Å². The highest BCUT2D eigenvalue weighted by Crippen LogP contribution is 2.41. The Balaban J connectivity index is 1.97. The molecule has 25 heavy (non-hydrogen) atoms. The third kappa shape index (κ3) is 3.60. The maximum Gasteiger partial charge on any atom is 0.164 e. The number of unbranched alkanes of at least 4 members (excludes halogenated alkanes) is 2. The predicted molar refractivity (Wildman–Crippen MR) is 97.9 cm³/mol. The second kappa shape index (κ2) is 7.55. The summed E-state index contributed by atoms with van der Waals surface area (Å²) in [6, 6.07) is 6.60. The van der Waals surface area contributed by atoms with Gasteiger partial charge in [0.25, 0.3) is 0 Å². The number of fused-ring (bicyclic) bond motifs is 3. The molecule has 1 heterocycles. The first kappa shape index (κ1) is 17.3. The van der Waals surface area contributed by atoms with Gasteiger partial charge in [-0.25, -0.2) is 0 Å². The van der Waals surface area contributed by atoms with E-state index in [4.69, 9.17) is 13.9 Å². The van der Waals surface area contributed by atoms with Crippen LogP contribution in [-0.4, -0.2) is 23.4 Å². The first-order valence-corrected chi connectivity index (χ1v) is 8.81. The number of ether oxygens (including phenoxy) is 2. The summed E-state index contributed by atoms with van der Waals surface area (Å²) in [6.45, 7) is 5.26. The van der Waals surface area contributed by atoms with E-state index >= 15 is 0 Å². The zero-order valence-corrected chi connectivity index (χ0v) is 14.7. The zero-order valence-electron chi connectivity index (χ0n) is 14.7. The minimum absolute atomic E-state index is 0.0639. The second-order valence-electron chi connectivity index (χ2n) is 6.14. The van der Waals surface area contributed by atoms with Crippen molar-refractivity contribution in [2.45, 2.75) is 39.5 Å². The molecule has 0 aliphatic heterocycles. The summed E-state index contributed by atoms with van der Waals surface area (Å²) in [7, 11) is 0. The summed E-state index contributed by atoms with van der Waals surface area (Å²) in [4.78, 5) is 0. The molecule has 0 amide bonds. The van der Waals surface area contributed by atoms with Crippen molar-refractivity contribution in [2.24, 2.45) is 0 Å². The number of rotatable bonds is 8. The minimum atomic E-state index is 0.0639. The highest BCUT2D eigenvalue weighted by molar-refractivity contribution is 6.07. The van der Waals surface area contributed by atoms with E-state index in [1.54, 1.807) is 24.3 Å². The molecule has 1 aromatic heterocycles. The molecular formula is C20H24O5. The van der Waals surface area contributed by atoms with Crippen molar-refractivity contribution in [2.75, 3.05) is 13.2 Å². The Kier molecular flexibility index (Phi) is 5.22. The van der Waals surface area contributed by atoms with E-state index in [-0.39, 0.29) is 11.5 Å². The number of phenols is 2. The van der Waals surface area contributed by atoms with Crippen molar-refractivity contribution in [3.05, 3.63) is 24.3 Å². The summed E-state index contributed by atoms with van der Waals surface area (Å²) in [5.74, 6) is 0.940. The van der Waals surface area contributed by atoms with E-state index in [1.165, 1.54) is 0 Å². The fourth-order valence-corrected chi connectivity index (χ4v) is 2.69. The molecule has 0 saturated carbocycles. The highest BCUT2D eigenvalue weighted by Gasteiger charge is 2.15. The lowest BCUT2D eigenvalue weighted by molar-refractivity contribution is 0.293. The lowest BCUT2D eigenvalue weighted by Crippen LogP contribution is -1.96. The quantitative estimate of drug-likeness (QED) is 0.539. The third-order valence-corrected chi connectivity index (χ3v) is 4.14. The summed E-state index contributed by atoms with van der Waals surface area (Å²) >= 11 is 0. The van der Waals surface area contributed by atoms with Crippen molar-refractivity contribution in [1.82, 2.24) is 0 Å². The zero-order chi connectivity index (χ0) is 17.8. The van der Waals surface area contributed by atoms with Gasteiger partial charge in [-0.2, -0.15) is 0 Å². The number of furan rings is 1. The lowest BCUT2D eigenvalue weighted by atomic mass is 10.1. The monoisotopic (exact) mass is 344 g/mol. The Bertz CT molecular complexity index is 795. The van der Waals surface area contributed by atoms with Gasteiger partial charge in [0.15, 0.2) is 23.0 Å². The third-order valence-electron chi connectivity index (χ3n) is 4.14. The van der Waals surface area contributed by atoms with Gasteiger partial charge in [-0.05, 0) is 25.0 Å². The Labute approximate surface area is 146 Å². The van der Waals surface area contributed by atoms with Crippen LogP contribution in [0.2, 0.25) is 0 Å². The fourth-order valence-electron chi connectivity index (χ4n) is 2.69. The number of phenolic OH excluding ortho intramolecular Hbond substituents is 2. The molecule has 5 heteroatoms. The van der Waals surface area contributed by atoms with E-state index in [2.05, 4.69) is 13.8 Å². The molecule has 5 nitrogen and oxygen atoms in total. The topological polar surface area (TPSA) is 72.1 Å². The molecule has 2 aromatic carbocycles. The van der Waals surface area contributed by atoms with Gasteiger partial charge in [-0.1, -0.05) is 26.7 Å². The SMILES string of the molecule is CCCCOc1cc2oc3cc(OCCCC)c(O)cc3c2cc1O. The molecule has 3 rings (SSSR count). The van der Waals surface area contributed by atoms with Crippen molar-refractivity contribution < 1.29 is 24.1 Å². The summed E-state index contributed by atoms with van der Waals surface area (Å²) < 4.78 is 17.1. The number of hydrogen-bond donors (Lipinski definition) is 2. The Morgan fingerprint density at radius 3 is 1.60 bits per heavy atom. The standard InChI is InChI=1S/C20H24O5/c1-3-5-7-23-19-11-17-13(9-15(19)21)14-10-16(22)20(12-18(14)25-17)24-8-6-4-2/h9-12,21-22H,3-8H2,1-2H3. The van der Waals surface area contributed by atoms with Gasteiger partial charge in [0, 0.05) is 22.9 Å². The van der Waals surface area contributed by atoms with Crippen LogP contribution in [0.25, 0.3) is 21.9 Å². The van der Waals surface area contributed by atoms with Gasteiger partial charge < -0.3 is 24.1 Å². The molecule has 0 bridgehead atoms. The Morgan fingerprint density at radius 2 is 1.20 bits per heavy atom. The Hall–Kier alpha value is -2.56. The van der Waals surface area contributed by atoms with Gasteiger partial charge >= 0.3 is 0 Å². The summed E-state index contributed by atoms with van der Waals surface area (Å²) in [5.41, 5.74) is 1.20. The van der Waals surface area contributed by atoms with E-state index in [9.17, 15) is 10.2 Å². The van der Waals surface area contributed by atoms with Crippen LogP contribution in [0.15, 0.2) is 28.7 Å². The fraction of sp³-hybridized carbons (Fsp3) is 0.400. The molecule has 0 aliphatic rings. The predicted octanol–water partition coefficient (Wildman–Crippen LogP) is 5.36. The number of hydrogen-bond acceptors (Lipinski definition) is 5. The summed E-state index contributed by atoms with van der Waals surface area (Å²) in [6.07, 6.45) is 3.88. The summed E-state index contributed by atoms with van der Waals surface area (Å²) in [5, 5.41) is 21.9. The van der Waals surface area contributed by atoms with Gasteiger partial charge in [0.05, 0.1) is 13.2 Å². The molecule has 134 valence electrons. The van der Waals surface area contributed by atoms with Crippen molar-refractivity contribution in [3.63, 3.8) is 0 Å². The molecule has 0 unspecified atom stereocenters. The first-order valence-electron chi connectivity index (χ1n) is 8.81. The molecule has 3 aromatic rings. The molecule has 0 fully saturated rings. The molecule has 0 saturated heterocycles. The molecular weight excluding hydrogens is 320 g/mol. The van der Waals surface area contributed by atoms with E-state index in [0.29, 0.717) is 35.9 Å². The van der Waals surface area contributed by atoms with E-state index in [0.717, 1.165) is 36.5 Å². The molecule has 0 atom stereocenters. The van der Waals surface area contributed by atoms with Crippen molar-refractivity contribution in [3.8, 4) is 23.0 Å². The average molecular weight is 344 g/mol. The van der Waals surface area contributed by atoms with Gasteiger partial charge in [-0.3, -0.25) is 0 Å². The minimum Gasteiger partial charge on any atom is -0.504 e. The van der Waals surface area contributed by atoms with Gasteiger partial charge in [0.1, 0.15) is 11.2 Å². The van der Waals surface area contributed by atoms with Crippen molar-refractivity contribution in [1.29, 1.82) is 0 Å². The second-order valence-corrected chi connectivity index (χ2v) is 6.14. The largest absolute Gasteiger partial charge is 0.504 e. The normalized spacial score (nSPS) is 11.3. The maximum absolute atomic E-state index is 10.2. The van der Waals surface area contributed by atoms with Crippen LogP contribution in [0.1, 0.15) is 39.5 Å². The molecule has 2 N–H and O–H groups in total. The van der Waals surface area contributed by atoms with Crippen molar-refractivity contribution >= 4 is 21.9 Å². The van der Waals surface area contributed by atoms with E-state index in [1.807, 2.05) is 0 Å². The molecule has 0 radical (unpaired) electrons. The van der Waals surface area contributed by atoms with Gasteiger partial charge in [-0.15, -0.1) is 0 Å². The van der Waals surface area contributed by atoms with Crippen LogP contribution in [0.4, 0.5) is 0 Å². The highest BCUT2D eigenvalue weighted by atomic mass is 16.5. The lowest BCUT2D eigenvalue weighted by Gasteiger charge is -2.07. The van der Waals surface area contributed by atoms with E-state index < -0.39 is 0 Å². The first-order chi connectivity index (χ1) is 12.1. The van der Waals surface area contributed by atoms with Crippen LogP contribution in [-0.2, 0) is 0 Å². The number of benzene rings is 2. The van der Waals surface area contributed by atoms with Crippen LogP contribution >= 0.6 is 0 Å². The maximum atomic E-state index is 10.2. The van der Waals surface area contributed by atoms with Crippen LogP contribution in [0.3, 0.4) is 0 Å². The van der Waals surface area contributed by atoms with Crippen LogP contribution in [0.5, 0.6) is 23.0 Å². The van der Waals surface area contributed by atoms with Crippen LogP contribution < -0.4 is 9.47 Å². The number of aromatic hydroxyl groups is 2. The smallest absolute Gasteiger partial charge is 0.164 e. The molecule has 0 spiro atoms. The van der Waals surface area contributed by atoms with Crippen LogP contribution in [0, 0.1) is 0 Å². The average Bonchev–Trinajstić information content (AvgIpc) is 2.92. The Morgan fingerprint density at radius 1 is 0.760 bits per heavy atom. The molecule has 0 aliphatic carbocycles.